The molecule has 0 aliphatic heterocycles. The quantitative estimate of drug-likeness (QED) is 0.265. The summed E-state index contributed by atoms with van der Waals surface area (Å²) < 4.78 is 5.33. The number of anilines is 1. The number of carbonyl (C=O) groups excluding carboxylic acids is 3. The van der Waals surface area contributed by atoms with Crippen molar-refractivity contribution in [1.82, 2.24) is 10.2 Å². The van der Waals surface area contributed by atoms with Gasteiger partial charge in [0.05, 0.1) is 6.61 Å². The van der Waals surface area contributed by atoms with Crippen LogP contribution < -0.4 is 10.6 Å². The molecule has 0 radical (unpaired) electrons. The van der Waals surface area contributed by atoms with Gasteiger partial charge in [-0.05, 0) is 64.7 Å². The van der Waals surface area contributed by atoms with Gasteiger partial charge in [0.1, 0.15) is 17.7 Å². The Balaban J connectivity index is 2.50. The van der Waals surface area contributed by atoms with Crippen molar-refractivity contribution < 1.29 is 24.2 Å². The van der Waals surface area contributed by atoms with Gasteiger partial charge in [-0.2, -0.15) is 0 Å². The van der Waals surface area contributed by atoms with E-state index >= 15 is 0 Å². The number of benzene rings is 2. The summed E-state index contributed by atoms with van der Waals surface area (Å²) in [6.45, 7) is 12.7. The van der Waals surface area contributed by atoms with E-state index in [1.54, 1.807) is 20.8 Å². The number of amides is 3. The van der Waals surface area contributed by atoms with Gasteiger partial charge in [-0.25, -0.2) is 4.79 Å². The second-order valence-electron chi connectivity index (χ2n) is 11.4. The van der Waals surface area contributed by atoms with Gasteiger partial charge in [-0.3, -0.25) is 9.59 Å². The number of hydrogen-bond acceptors (Lipinski definition) is 5. The number of hydrogen-bond donors (Lipinski definition) is 3. The molecular formula is C32H47N3O5. The van der Waals surface area contributed by atoms with Crippen molar-refractivity contribution in [1.29, 1.82) is 0 Å². The van der Waals surface area contributed by atoms with E-state index in [9.17, 15) is 19.5 Å². The Morgan fingerprint density at radius 1 is 0.950 bits per heavy atom. The highest BCUT2D eigenvalue weighted by Gasteiger charge is 2.36. The van der Waals surface area contributed by atoms with Gasteiger partial charge in [0.2, 0.25) is 5.91 Å². The number of ether oxygens (including phenoxy) is 1. The second-order valence-corrected chi connectivity index (χ2v) is 11.4. The summed E-state index contributed by atoms with van der Waals surface area (Å²) in [5, 5.41) is 15.7. The molecule has 2 unspecified atom stereocenters. The van der Waals surface area contributed by atoms with Crippen LogP contribution in [0, 0.1) is 20.8 Å². The molecule has 0 spiro atoms. The maximum Gasteiger partial charge on any atom is 0.408 e. The third-order valence-corrected chi connectivity index (χ3v) is 6.60. The maximum atomic E-state index is 14.1. The smallest absolute Gasteiger partial charge is 0.408 e. The molecule has 8 heteroatoms. The molecule has 0 saturated heterocycles. The van der Waals surface area contributed by atoms with Crippen molar-refractivity contribution in [2.75, 3.05) is 18.5 Å². The molecule has 0 aliphatic rings. The van der Waals surface area contributed by atoms with Gasteiger partial charge >= 0.3 is 6.09 Å². The lowest BCUT2D eigenvalue weighted by molar-refractivity contribution is -0.141. The fraction of sp³-hybridized carbons (Fsp3) is 0.531. The topological polar surface area (TPSA) is 108 Å². The van der Waals surface area contributed by atoms with E-state index in [0.717, 1.165) is 42.4 Å². The summed E-state index contributed by atoms with van der Waals surface area (Å²) >= 11 is 0. The van der Waals surface area contributed by atoms with Crippen LogP contribution in [-0.2, 0) is 14.3 Å². The van der Waals surface area contributed by atoms with E-state index in [2.05, 4.69) is 17.6 Å². The highest BCUT2D eigenvalue weighted by atomic mass is 16.6. The minimum Gasteiger partial charge on any atom is -0.444 e. The summed E-state index contributed by atoms with van der Waals surface area (Å²) in [5.74, 6) is -0.911. The summed E-state index contributed by atoms with van der Waals surface area (Å²) in [7, 11) is 0. The Morgan fingerprint density at radius 3 is 2.15 bits per heavy atom. The third kappa shape index (κ3) is 9.97. The molecule has 0 aliphatic carbocycles. The van der Waals surface area contributed by atoms with Gasteiger partial charge in [0.25, 0.3) is 5.91 Å². The average Bonchev–Trinajstić information content (AvgIpc) is 2.87. The molecule has 40 heavy (non-hydrogen) atoms. The number of alkyl carbamates (subject to hydrolysis) is 1. The zero-order chi connectivity index (χ0) is 29.9. The van der Waals surface area contributed by atoms with Crippen LogP contribution in [0.4, 0.5) is 10.5 Å². The molecular weight excluding hydrogens is 506 g/mol. The molecule has 0 aromatic heterocycles. The molecule has 2 rings (SSSR count). The standard InChI is InChI=1S/C32H47N3O5/c1-8-9-10-11-12-19-35(30(38)26(21-36)33-31(39)40-32(5,6)7)28(25-18-13-15-22(2)20-25)29(37)34-27-23(3)16-14-17-24(27)4/h13-18,20,26,28,36H,8-12,19,21H2,1-7H3,(H,33,39)(H,34,37). The number of para-hydroxylation sites is 1. The number of aliphatic hydroxyl groups is 1. The zero-order valence-corrected chi connectivity index (χ0v) is 25.2. The summed E-state index contributed by atoms with van der Waals surface area (Å²) in [5.41, 5.74) is 3.35. The van der Waals surface area contributed by atoms with Gasteiger partial charge < -0.3 is 25.4 Å². The van der Waals surface area contributed by atoms with Crippen LogP contribution in [0.5, 0.6) is 0 Å². The van der Waals surface area contributed by atoms with E-state index in [4.69, 9.17) is 4.74 Å². The number of aliphatic hydroxyl groups excluding tert-OH is 1. The number of aryl methyl sites for hydroxylation is 3. The highest BCUT2D eigenvalue weighted by molar-refractivity contribution is 6.00. The van der Waals surface area contributed by atoms with Crippen LogP contribution in [0.1, 0.15) is 88.1 Å². The van der Waals surface area contributed by atoms with Crippen LogP contribution in [0.15, 0.2) is 42.5 Å². The van der Waals surface area contributed by atoms with Crippen molar-refractivity contribution >= 4 is 23.6 Å². The molecule has 0 bridgehead atoms. The lowest BCUT2D eigenvalue weighted by Gasteiger charge is -2.34. The minimum absolute atomic E-state index is 0.286. The molecule has 2 atom stereocenters. The fourth-order valence-corrected chi connectivity index (χ4v) is 4.60. The maximum absolute atomic E-state index is 14.1. The first-order valence-corrected chi connectivity index (χ1v) is 14.2. The third-order valence-electron chi connectivity index (χ3n) is 6.60. The lowest BCUT2D eigenvalue weighted by atomic mass is 9.99. The van der Waals surface area contributed by atoms with Gasteiger partial charge in [0.15, 0.2) is 0 Å². The Labute approximate surface area is 239 Å². The van der Waals surface area contributed by atoms with E-state index < -0.39 is 36.3 Å². The van der Waals surface area contributed by atoms with Gasteiger partial charge in [0, 0.05) is 12.2 Å². The molecule has 0 saturated carbocycles. The van der Waals surface area contributed by atoms with Crippen LogP contribution in [0.25, 0.3) is 0 Å². The van der Waals surface area contributed by atoms with E-state index in [1.807, 2.05) is 63.2 Å². The Hall–Kier alpha value is -3.39. The molecule has 3 amide bonds. The molecule has 220 valence electrons. The zero-order valence-electron chi connectivity index (χ0n) is 25.2. The van der Waals surface area contributed by atoms with Crippen LogP contribution >= 0.6 is 0 Å². The van der Waals surface area contributed by atoms with Crippen LogP contribution in [-0.4, -0.2) is 52.7 Å². The number of nitrogens with zero attached hydrogens (tertiary/aromatic N) is 1. The van der Waals surface area contributed by atoms with Crippen molar-refractivity contribution in [3.05, 3.63) is 64.7 Å². The number of unbranched alkanes of at least 4 members (excludes halogenated alkanes) is 4. The second kappa shape index (κ2) is 15.4. The molecule has 8 nitrogen and oxygen atoms in total. The minimum atomic E-state index is -1.27. The predicted octanol–water partition coefficient (Wildman–Crippen LogP) is 5.98. The molecule has 3 N–H and O–H groups in total. The molecule has 0 fully saturated rings. The average molecular weight is 554 g/mol. The fourth-order valence-electron chi connectivity index (χ4n) is 4.60. The largest absolute Gasteiger partial charge is 0.444 e. The van der Waals surface area contributed by atoms with Crippen molar-refractivity contribution in [2.24, 2.45) is 0 Å². The number of carbonyl (C=O) groups is 3. The summed E-state index contributed by atoms with van der Waals surface area (Å²) in [4.78, 5) is 42.1. The monoisotopic (exact) mass is 553 g/mol. The molecule has 2 aromatic carbocycles. The lowest BCUT2D eigenvalue weighted by Crippen LogP contribution is -2.54. The first kappa shape index (κ1) is 32.8. The number of rotatable bonds is 13. The highest BCUT2D eigenvalue weighted by Crippen LogP contribution is 2.28. The predicted molar refractivity (Wildman–Crippen MR) is 159 cm³/mol. The molecule has 2 aromatic rings. The SMILES string of the molecule is CCCCCCCN(C(=O)C(CO)NC(=O)OC(C)(C)C)C(C(=O)Nc1c(C)cccc1C)c1cccc(C)c1. The van der Waals surface area contributed by atoms with E-state index in [1.165, 1.54) is 4.90 Å². The number of nitrogens with one attached hydrogen (secondary N) is 2. The van der Waals surface area contributed by atoms with Crippen LogP contribution in [0.3, 0.4) is 0 Å². The first-order chi connectivity index (χ1) is 18.9. The van der Waals surface area contributed by atoms with Crippen molar-refractivity contribution in [3.63, 3.8) is 0 Å². The Morgan fingerprint density at radius 2 is 1.57 bits per heavy atom. The van der Waals surface area contributed by atoms with E-state index in [-0.39, 0.29) is 12.5 Å². The van der Waals surface area contributed by atoms with E-state index in [0.29, 0.717) is 17.7 Å². The van der Waals surface area contributed by atoms with Crippen LogP contribution in [0.2, 0.25) is 0 Å². The van der Waals surface area contributed by atoms with Gasteiger partial charge in [-0.15, -0.1) is 0 Å². The van der Waals surface area contributed by atoms with Crippen molar-refractivity contribution in [3.8, 4) is 0 Å². The van der Waals surface area contributed by atoms with Gasteiger partial charge in [-0.1, -0.05) is 80.6 Å². The summed E-state index contributed by atoms with van der Waals surface area (Å²) in [6, 6.07) is 11.0. The summed E-state index contributed by atoms with van der Waals surface area (Å²) in [6.07, 6.45) is 3.94. The molecule has 0 heterocycles. The Kier molecular flexibility index (Phi) is 12.6. The normalized spacial score (nSPS) is 12.8. The Bertz CT molecular complexity index is 1120. The van der Waals surface area contributed by atoms with Crippen molar-refractivity contribution in [2.45, 2.75) is 98.3 Å². The first-order valence-electron chi connectivity index (χ1n) is 14.2.